The smallest absolute Gasteiger partial charge is 0.166 e. The molecular formula is C29H25F3. The molecule has 0 aliphatic rings. The van der Waals surface area contributed by atoms with Gasteiger partial charge < -0.3 is 0 Å². The molecule has 3 aromatic rings. The molecule has 3 rings (SSSR count). The Kier molecular flexibility index (Phi) is 7.80. The Balaban J connectivity index is 1.86. The minimum absolute atomic E-state index is 0.0513. The summed E-state index contributed by atoms with van der Waals surface area (Å²) in [5, 5.41) is 0. The molecule has 0 N–H and O–H groups in total. The first-order valence-electron chi connectivity index (χ1n) is 10.8. The highest BCUT2D eigenvalue weighted by atomic mass is 19.4. The monoisotopic (exact) mass is 430 g/mol. The lowest BCUT2D eigenvalue weighted by atomic mass is 10.0. The quantitative estimate of drug-likeness (QED) is 0.378. The SMILES string of the molecule is CCCc1ccc(C#Cc2ccc(C#Cc3ccc(CCC)cc3)c(C(F)(F)F)c2)cc1. The van der Waals surface area contributed by atoms with Crippen molar-refractivity contribution in [3.63, 3.8) is 0 Å². The number of halogens is 3. The van der Waals surface area contributed by atoms with E-state index < -0.39 is 11.7 Å². The van der Waals surface area contributed by atoms with E-state index in [0.717, 1.165) is 37.3 Å². The van der Waals surface area contributed by atoms with Crippen LogP contribution in [0.2, 0.25) is 0 Å². The fourth-order valence-electron chi connectivity index (χ4n) is 3.34. The predicted octanol–water partition coefficient (Wildman–Crippen LogP) is 7.41. The summed E-state index contributed by atoms with van der Waals surface area (Å²) in [6.07, 6.45) is -0.441. The van der Waals surface area contributed by atoms with Gasteiger partial charge in [0.15, 0.2) is 0 Å². The largest absolute Gasteiger partial charge is 0.417 e. The summed E-state index contributed by atoms with van der Waals surface area (Å²) in [5.74, 6) is 11.3. The summed E-state index contributed by atoms with van der Waals surface area (Å²) < 4.78 is 41.0. The van der Waals surface area contributed by atoms with E-state index in [1.807, 2.05) is 48.5 Å². The van der Waals surface area contributed by atoms with Gasteiger partial charge >= 0.3 is 6.18 Å². The van der Waals surface area contributed by atoms with E-state index in [9.17, 15) is 13.2 Å². The summed E-state index contributed by atoms with van der Waals surface area (Å²) in [7, 11) is 0. The number of hydrogen-bond donors (Lipinski definition) is 0. The van der Waals surface area contributed by atoms with E-state index >= 15 is 0 Å². The maximum Gasteiger partial charge on any atom is 0.417 e. The zero-order valence-electron chi connectivity index (χ0n) is 18.3. The molecule has 3 heteroatoms. The van der Waals surface area contributed by atoms with Crippen LogP contribution in [0.15, 0.2) is 66.7 Å². The Morgan fingerprint density at radius 1 is 0.594 bits per heavy atom. The van der Waals surface area contributed by atoms with E-state index in [1.165, 1.54) is 17.2 Å². The van der Waals surface area contributed by atoms with Gasteiger partial charge in [-0.25, -0.2) is 0 Å². The molecular weight excluding hydrogens is 405 g/mol. The first kappa shape index (κ1) is 23.2. The maximum absolute atomic E-state index is 13.7. The second kappa shape index (κ2) is 10.7. The van der Waals surface area contributed by atoms with Crippen LogP contribution in [0.4, 0.5) is 13.2 Å². The molecule has 0 aromatic heterocycles. The number of benzene rings is 3. The zero-order valence-corrected chi connectivity index (χ0v) is 18.3. The van der Waals surface area contributed by atoms with Crippen LogP contribution in [-0.2, 0) is 19.0 Å². The van der Waals surface area contributed by atoms with Crippen LogP contribution in [0.25, 0.3) is 0 Å². The third-order valence-electron chi connectivity index (χ3n) is 5.00. The van der Waals surface area contributed by atoms with E-state index in [4.69, 9.17) is 0 Å². The van der Waals surface area contributed by atoms with Gasteiger partial charge in [0, 0.05) is 22.3 Å². The maximum atomic E-state index is 13.7. The molecule has 0 amide bonds. The van der Waals surface area contributed by atoms with Gasteiger partial charge in [0.05, 0.1) is 5.56 Å². The molecule has 0 aliphatic carbocycles. The highest BCUT2D eigenvalue weighted by molar-refractivity contribution is 5.52. The van der Waals surface area contributed by atoms with Crippen molar-refractivity contribution < 1.29 is 13.2 Å². The van der Waals surface area contributed by atoms with Gasteiger partial charge in [-0.05, 0) is 66.4 Å². The van der Waals surface area contributed by atoms with Gasteiger partial charge in [-0.3, -0.25) is 0 Å². The number of rotatable bonds is 4. The van der Waals surface area contributed by atoms with Gasteiger partial charge in [0.1, 0.15) is 0 Å². The topological polar surface area (TPSA) is 0 Å². The molecule has 0 radical (unpaired) electrons. The number of hydrogen-bond acceptors (Lipinski definition) is 0. The molecule has 3 aromatic carbocycles. The fraction of sp³-hybridized carbons (Fsp3) is 0.241. The molecule has 0 fully saturated rings. The van der Waals surface area contributed by atoms with Crippen molar-refractivity contribution >= 4 is 0 Å². The van der Waals surface area contributed by atoms with Gasteiger partial charge in [-0.2, -0.15) is 13.2 Å². The van der Waals surface area contributed by atoms with Crippen LogP contribution in [-0.4, -0.2) is 0 Å². The molecule has 0 spiro atoms. The van der Waals surface area contributed by atoms with Crippen molar-refractivity contribution in [2.45, 2.75) is 45.7 Å². The highest BCUT2D eigenvalue weighted by Gasteiger charge is 2.33. The third-order valence-corrected chi connectivity index (χ3v) is 5.00. The Labute approximate surface area is 188 Å². The Morgan fingerprint density at radius 2 is 1.03 bits per heavy atom. The lowest BCUT2D eigenvalue weighted by Gasteiger charge is -2.09. The number of aryl methyl sites for hydroxylation is 2. The Bertz CT molecular complexity index is 1160. The fourth-order valence-corrected chi connectivity index (χ4v) is 3.34. The summed E-state index contributed by atoms with van der Waals surface area (Å²) in [6, 6.07) is 19.5. The van der Waals surface area contributed by atoms with Crippen molar-refractivity contribution in [2.75, 3.05) is 0 Å². The normalized spacial score (nSPS) is 10.7. The Morgan fingerprint density at radius 3 is 1.50 bits per heavy atom. The van der Waals surface area contributed by atoms with Gasteiger partial charge in [0.2, 0.25) is 0 Å². The standard InChI is InChI=1S/C29H25F3/c1-3-5-22-7-11-24(12-8-22)15-16-26-18-20-27(28(21-26)29(30,31)32)19-17-25-13-9-23(6-4-2)10-14-25/h7-14,18,20-21H,3-6H2,1-2H3. The van der Waals surface area contributed by atoms with Crippen LogP contribution in [0.1, 0.15) is 65.6 Å². The van der Waals surface area contributed by atoms with Crippen LogP contribution in [0.5, 0.6) is 0 Å². The van der Waals surface area contributed by atoms with Crippen molar-refractivity contribution in [1.82, 2.24) is 0 Å². The molecule has 32 heavy (non-hydrogen) atoms. The van der Waals surface area contributed by atoms with Crippen LogP contribution in [0.3, 0.4) is 0 Å². The van der Waals surface area contributed by atoms with E-state index in [0.29, 0.717) is 11.1 Å². The second-order valence-electron chi connectivity index (χ2n) is 7.65. The molecule has 0 bridgehead atoms. The minimum Gasteiger partial charge on any atom is -0.166 e. The van der Waals surface area contributed by atoms with Crippen molar-refractivity contribution in [1.29, 1.82) is 0 Å². The molecule has 0 saturated heterocycles. The first-order valence-corrected chi connectivity index (χ1v) is 10.8. The lowest BCUT2D eigenvalue weighted by molar-refractivity contribution is -0.137. The van der Waals surface area contributed by atoms with E-state index in [2.05, 4.69) is 37.5 Å². The Hall–Kier alpha value is -3.43. The van der Waals surface area contributed by atoms with Crippen LogP contribution < -0.4 is 0 Å². The first-order chi connectivity index (χ1) is 15.4. The lowest BCUT2D eigenvalue weighted by Crippen LogP contribution is -2.08. The van der Waals surface area contributed by atoms with E-state index in [-0.39, 0.29) is 5.56 Å². The number of alkyl halides is 3. The third kappa shape index (κ3) is 6.53. The zero-order chi connectivity index (χ0) is 23.0. The van der Waals surface area contributed by atoms with Gasteiger partial charge in [0.25, 0.3) is 0 Å². The van der Waals surface area contributed by atoms with Crippen LogP contribution in [0, 0.1) is 23.7 Å². The minimum atomic E-state index is -4.51. The average molecular weight is 431 g/mol. The molecule has 0 aliphatic heterocycles. The molecule has 0 nitrogen and oxygen atoms in total. The van der Waals surface area contributed by atoms with E-state index in [1.54, 1.807) is 6.07 Å². The molecule has 0 heterocycles. The molecule has 0 atom stereocenters. The van der Waals surface area contributed by atoms with Crippen molar-refractivity contribution in [2.24, 2.45) is 0 Å². The predicted molar refractivity (Wildman–Crippen MR) is 124 cm³/mol. The molecule has 0 saturated carbocycles. The summed E-state index contributed by atoms with van der Waals surface area (Å²) in [5.41, 5.74) is 3.37. The molecule has 0 unspecified atom stereocenters. The molecule has 162 valence electrons. The second-order valence-corrected chi connectivity index (χ2v) is 7.65. The van der Waals surface area contributed by atoms with Crippen molar-refractivity contribution in [3.8, 4) is 23.7 Å². The van der Waals surface area contributed by atoms with Gasteiger partial charge in [-0.1, -0.05) is 74.6 Å². The van der Waals surface area contributed by atoms with Crippen molar-refractivity contribution in [3.05, 3.63) is 106 Å². The van der Waals surface area contributed by atoms with Crippen LogP contribution >= 0.6 is 0 Å². The average Bonchev–Trinajstić information content (AvgIpc) is 2.78. The summed E-state index contributed by atoms with van der Waals surface area (Å²) in [6.45, 7) is 4.22. The summed E-state index contributed by atoms with van der Waals surface area (Å²) in [4.78, 5) is 0. The highest BCUT2D eigenvalue weighted by Crippen LogP contribution is 2.32. The van der Waals surface area contributed by atoms with Gasteiger partial charge in [-0.15, -0.1) is 0 Å². The summed E-state index contributed by atoms with van der Waals surface area (Å²) >= 11 is 0.